The summed E-state index contributed by atoms with van der Waals surface area (Å²) in [5.74, 6) is -1.02. The average molecular weight is 212 g/mol. The largest absolute Gasteiger partial charge is 0.369 e. The van der Waals surface area contributed by atoms with Gasteiger partial charge in [-0.2, -0.15) is 0 Å². The summed E-state index contributed by atoms with van der Waals surface area (Å²) in [6.07, 6.45) is 4.31. The summed E-state index contributed by atoms with van der Waals surface area (Å²) in [5.41, 5.74) is 5.26. The number of amides is 2. The minimum atomic E-state index is -0.577. The quantitative estimate of drug-likeness (QED) is 0.540. The molecule has 1 aliphatic heterocycles. The fraction of sp³-hybridized carbons (Fsp3) is 0.818. The Morgan fingerprint density at radius 2 is 2.20 bits per heavy atom. The van der Waals surface area contributed by atoms with Gasteiger partial charge in [0.2, 0.25) is 11.8 Å². The van der Waals surface area contributed by atoms with E-state index in [1.54, 1.807) is 11.9 Å². The van der Waals surface area contributed by atoms with Gasteiger partial charge in [0, 0.05) is 13.6 Å². The van der Waals surface area contributed by atoms with Gasteiger partial charge in [0.1, 0.15) is 5.92 Å². The van der Waals surface area contributed by atoms with Crippen LogP contribution in [0.15, 0.2) is 0 Å². The number of likely N-dealkylation sites (tertiary alicyclic amines) is 1. The highest BCUT2D eigenvalue weighted by molar-refractivity contribution is 6.01. The van der Waals surface area contributed by atoms with Crippen molar-refractivity contribution >= 4 is 11.8 Å². The minimum Gasteiger partial charge on any atom is -0.369 e. The van der Waals surface area contributed by atoms with Crippen LogP contribution in [0.4, 0.5) is 0 Å². The van der Waals surface area contributed by atoms with E-state index in [0.29, 0.717) is 6.54 Å². The fourth-order valence-electron chi connectivity index (χ4n) is 2.25. The van der Waals surface area contributed by atoms with E-state index in [2.05, 4.69) is 6.92 Å². The van der Waals surface area contributed by atoms with Crippen LogP contribution in [0.5, 0.6) is 0 Å². The molecule has 4 nitrogen and oxygen atoms in total. The van der Waals surface area contributed by atoms with E-state index < -0.39 is 11.8 Å². The van der Waals surface area contributed by atoms with Gasteiger partial charge in [0.15, 0.2) is 0 Å². The van der Waals surface area contributed by atoms with E-state index in [1.165, 1.54) is 0 Å². The normalized spacial score (nSPS) is 26.0. The lowest BCUT2D eigenvalue weighted by atomic mass is 9.90. The number of nitrogens with zero attached hydrogens (tertiary/aromatic N) is 1. The molecule has 0 aliphatic carbocycles. The van der Waals surface area contributed by atoms with E-state index in [1.807, 2.05) is 0 Å². The maximum atomic E-state index is 11.6. The van der Waals surface area contributed by atoms with Crippen LogP contribution in [0.2, 0.25) is 0 Å². The molecule has 86 valence electrons. The second-order valence-electron chi connectivity index (χ2n) is 4.35. The van der Waals surface area contributed by atoms with Gasteiger partial charge in [-0.1, -0.05) is 26.2 Å². The molecule has 0 bridgehead atoms. The minimum absolute atomic E-state index is 0.107. The van der Waals surface area contributed by atoms with Crippen molar-refractivity contribution in [3.05, 3.63) is 0 Å². The highest BCUT2D eigenvalue weighted by Crippen LogP contribution is 2.28. The molecule has 2 atom stereocenters. The van der Waals surface area contributed by atoms with E-state index in [0.717, 1.165) is 25.7 Å². The van der Waals surface area contributed by atoms with Crippen LogP contribution in [0.1, 0.15) is 32.6 Å². The lowest BCUT2D eigenvalue weighted by molar-refractivity contribution is -0.136. The van der Waals surface area contributed by atoms with Gasteiger partial charge in [-0.15, -0.1) is 0 Å². The number of primary amides is 1. The molecule has 0 radical (unpaired) electrons. The van der Waals surface area contributed by atoms with Crippen LogP contribution < -0.4 is 5.73 Å². The number of unbranched alkanes of at least 4 members (excludes halogenated alkanes) is 2. The van der Waals surface area contributed by atoms with Crippen LogP contribution in [-0.4, -0.2) is 30.3 Å². The molecule has 0 aromatic carbocycles. The summed E-state index contributed by atoms with van der Waals surface area (Å²) in [6, 6.07) is 0. The molecular weight excluding hydrogens is 192 g/mol. The molecule has 1 heterocycles. The molecule has 1 aliphatic rings. The topological polar surface area (TPSA) is 63.4 Å². The zero-order valence-corrected chi connectivity index (χ0v) is 9.53. The predicted molar refractivity (Wildman–Crippen MR) is 58.0 cm³/mol. The summed E-state index contributed by atoms with van der Waals surface area (Å²) in [5, 5.41) is 0. The van der Waals surface area contributed by atoms with Gasteiger partial charge in [-0.25, -0.2) is 0 Å². The van der Waals surface area contributed by atoms with Crippen molar-refractivity contribution in [2.24, 2.45) is 17.6 Å². The highest BCUT2D eigenvalue weighted by Gasteiger charge is 2.41. The lowest BCUT2D eigenvalue weighted by Gasteiger charge is -2.12. The van der Waals surface area contributed by atoms with Crippen molar-refractivity contribution in [3.63, 3.8) is 0 Å². The molecule has 0 aromatic heterocycles. The zero-order chi connectivity index (χ0) is 11.4. The average Bonchev–Trinajstić information content (AvgIpc) is 2.43. The fourth-order valence-corrected chi connectivity index (χ4v) is 2.25. The number of rotatable bonds is 5. The summed E-state index contributed by atoms with van der Waals surface area (Å²) in [4.78, 5) is 24.4. The first kappa shape index (κ1) is 12.0. The smallest absolute Gasteiger partial charge is 0.235 e. The standard InChI is InChI=1S/C11H20N2O2/c1-3-4-5-6-8-7-13(2)11(15)9(8)10(12)14/h8-9H,3-7H2,1-2H3,(H2,12,14). The van der Waals surface area contributed by atoms with Gasteiger partial charge in [0.25, 0.3) is 0 Å². The Balaban J connectivity index is 2.55. The first-order chi connectivity index (χ1) is 7.07. The molecular formula is C11H20N2O2. The zero-order valence-electron chi connectivity index (χ0n) is 9.53. The Morgan fingerprint density at radius 1 is 1.53 bits per heavy atom. The molecule has 1 saturated heterocycles. The van der Waals surface area contributed by atoms with Crippen molar-refractivity contribution < 1.29 is 9.59 Å². The number of hydrogen-bond donors (Lipinski definition) is 1. The third-order valence-electron chi connectivity index (χ3n) is 3.11. The maximum absolute atomic E-state index is 11.6. The number of carbonyl (C=O) groups excluding carboxylic acids is 2. The van der Waals surface area contributed by atoms with Crippen LogP contribution in [0, 0.1) is 11.8 Å². The molecule has 2 amide bonds. The third kappa shape index (κ3) is 2.70. The van der Waals surface area contributed by atoms with Gasteiger partial charge < -0.3 is 10.6 Å². The van der Waals surface area contributed by atoms with Crippen molar-refractivity contribution in [1.82, 2.24) is 4.90 Å². The Hall–Kier alpha value is -1.06. The molecule has 15 heavy (non-hydrogen) atoms. The molecule has 0 spiro atoms. The first-order valence-corrected chi connectivity index (χ1v) is 5.62. The summed E-state index contributed by atoms with van der Waals surface area (Å²) in [6.45, 7) is 2.81. The SMILES string of the molecule is CCCCCC1CN(C)C(=O)C1C(N)=O. The first-order valence-electron chi connectivity index (χ1n) is 5.62. The Labute approximate surface area is 90.8 Å². The summed E-state index contributed by atoms with van der Waals surface area (Å²) < 4.78 is 0. The van der Waals surface area contributed by atoms with E-state index in [4.69, 9.17) is 5.73 Å². The third-order valence-corrected chi connectivity index (χ3v) is 3.11. The number of hydrogen-bond acceptors (Lipinski definition) is 2. The molecule has 1 fully saturated rings. The van der Waals surface area contributed by atoms with Crippen molar-refractivity contribution in [2.75, 3.05) is 13.6 Å². The molecule has 0 aromatic rings. The molecule has 2 N–H and O–H groups in total. The van der Waals surface area contributed by atoms with E-state index in [9.17, 15) is 9.59 Å². The van der Waals surface area contributed by atoms with Crippen LogP contribution in [-0.2, 0) is 9.59 Å². The van der Waals surface area contributed by atoms with Crippen molar-refractivity contribution in [2.45, 2.75) is 32.6 Å². The highest BCUT2D eigenvalue weighted by atomic mass is 16.2. The summed E-state index contributed by atoms with van der Waals surface area (Å²) in [7, 11) is 1.73. The second kappa shape index (κ2) is 5.14. The van der Waals surface area contributed by atoms with Crippen LogP contribution in [0.25, 0.3) is 0 Å². The maximum Gasteiger partial charge on any atom is 0.235 e. The monoisotopic (exact) mass is 212 g/mol. The van der Waals surface area contributed by atoms with Gasteiger partial charge in [-0.05, 0) is 12.3 Å². The molecule has 4 heteroatoms. The Kier molecular flexibility index (Phi) is 4.12. The summed E-state index contributed by atoms with van der Waals surface area (Å²) >= 11 is 0. The van der Waals surface area contributed by atoms with Crippen molar-refractivity contribution in [3.8, 4) is 0 Å². The Morgan fingerprint density at radius 3 is 2.73 bits per heavy atom. The van der Waals surface area contributed by atoms with Gasteiger partial charge in [-0.3, -0.25) is 9.59 Å². The van der Waals surface area contributed by atoms with E-state index >= 15 is 0 Å². The van der Waals surface area contributed by atoms with Crippen LogP contribution >= 0.6 is 0 Å². The van der Waals surface area contributed by atoms with Crippen molar-refractivity contribution in [1.29, 1.82) is 0 Å². The van der Waals surface area contributed by atoms with Crippen LogP contribution in [0.3, 0.4) is 0 Å². The molecule has 1 rings (SSSR count). The Bertz CT molecular complexity index is 253. The number of nitrogens with two attached hydrogens (primary N) is 1. The molecule has 2 unspecified atom stereocenters. The lowest BCUT2D eigenvalue weighted by Crippen LogP contribution is -2.33. The van der Waals surface area contributed by atoms with Gasteiger partial charge >= 0.3 is 0 Å². The van der Waals surface area contributed by atoms with Gasteiger partial charge in [0.05, 0.1) is 0 Å². The van der Waals surface area contributed by atoms with E-state index in [-0.39, 0.29) is 11.8 Å². The number of carbonyl (C=O) groups is 2. The predicted octanol–water partition coefficient (Wildman–Crippen LogP) is 0.756. The second-order valence-corrected chi connectivity index (χ2v) is 4.35. The molecule has 0 saturated carbocycles.